The summed E-state index contributed by atoms with van der Waals surface area (Å²) in [6, 6.07) is 40.6. The van der Waals surface area contributed by atoms with Crippen molar-refractivity contribution >= 4 is 33.3 Å². The maximum atomic E-state index is 3.77. The lowest BCUT2D eigenvalue weighted by molar-refractivity contribution is 0.662. The van der Waals surface area contributed by atoms with Crippen LogP contribution >= 0.6 is 0 Å². The number of benzene rings is 6. The first kappa shape index (κ1) is 24.5. The van der Waals surface area contributed by atoms with Gasteiger partial charge in [-0.3, -0.25) is 0 Å². The fraction of sp³-hybridized carbons (Fsp3) is 0.0952. The molecule has 1 heterocycles. The monoisotopic (exact) mass is 549 g/mol. The van der Waals surface area contributed by atoms with E-state index in [2.05, 4.69) is 159 Å². The van der Waals surface area contributed by atoms with E-state index >= 15 is 0 Å². The second-order valence-electron chi connectivity index (χ2n) is 12.5. The maximum absolute atomic E-state index is 3.77. The van der Waals surface area contributed by atoms with Crippen molar-refractivity contribution in [3.8, 4) is 33.4 Å². The molecule has 0 aromatic heterocycles. The van der Waals surface area contributed by atoms with Crippen molar-refractivity contribution in [2.24, 2.45) is 0 Å². The van der Waals surface area contributed by atoms with Crippen LogP contribution in [-0.4, -0.2) is 6.04 Å². The Kier molecular flexibility index (Phi) is 5.08. The van der Waals surface area contributed by atoms with Crippen LogP contribution < -0.4 is 15.8 Å². The summed E-state index contributed by atoms with van der Waals surface area (Å²) in [5.74, 6) is 0. The lowest BCUT2D eigenvalue weighted by Crippen LogP contribution is -2.44. The molecule has 6 aromatic carbocycles. The van der Waals surface area contributed by atoms with E-state index in [1.165, 1.54) is 82.1 Å². The predicted octanol–water partition coefficient (Wildman–Crippen LogP) is 8.62. The number of fused-ring (bicyclic) bond motifs is 7. The summed E-state index contributed by atoms with van der Waals surface area (Å²) in [6.45, 7) is 4.78. The maximum Gasteiger partial charge on any atom is 0.0702 e. The molecule has 1 aliphatic heterocycles. The zero-order chi connectivity index (χ0) is 28.7. The second-order valence-corrected chi connectivity index (χ2v) is 12.5. The van der Waals surface area contributed by atoms with Crippen molar-refractivity contribution in [2.45, 2.75) is 25.3 Å². The van der Waals surface area contributed by atoms with Crippen LogP contribution in [0.3, 0.4) is 0 Å². The largest absolute Gasteiger partial charge is 0.380 e. The summed E-state index contributed by atoms with van der Waals surface area (Å²) in [7, 11) is 0. The molecule has 9 rings (SSSR count). The lowest BCUT2D eigenvalue weighted by Gasteiger charge is -2.28. The van der Waals surface area contributed by atoms with Crippen molar-refractivity contribution in [1.82, 2.24) is 5.32 Å². The van der Waals surface area contributed by atoms with E-state index in [0.29, 0.717) is 0 Å². The molecule has 0 bridgehead atoms. The average molecular weight is 550 g/mol. The van der Waals surface area contributed by atoms with Gasteiger partial charge in [0.2, 0.25) is 0 Å². The molecule has 1 unspecified atom stereocenters. The molecule has 0 saturated carbocycles. The zero-order valence-corrected chi connectivity index (χ0v) is 24.4. The van der Waals surface area contributed by atoms with Gasteiger partial charge in [0.15, 0.2) is 0 Å². The topological polar surface area (TPSA) is 12.0 Å². The lowest BCUT2D eigenvalue weighted by atomic mass is 9.76. The summed E-state index contributed by atoms with van der Waals surface area (Å²) >= 11 is 0. The van der Waals surface area contributed by atoms with Crippen LogP contribution in [0.5, 0.6) is 0 Å². The Morgan fingerprint density at radius 1 is 0.581 bits per heavy atom. The predicted molar refractivity (Wildman–Crippen MR) is 182 cm³/mol. The third-order valence-corrected chi connectivity index (χ3v) is 9.88. The SMILES string of the molecule is CC1(C)c2ccccc2-c2cccc(-c3c4c(c(-c5cccc6ccccc56)c5ccccc35)=C3C=CC=CC3NC=4)c21. The Balaban J connectivity index is 1.50. The number of hydrogen-bond donors (Lipinski definition) is 1. The Morgan fingerprint density at radius 3 is 2.12 bits per heavy atom. The van der Waals surface area contributed by atoms with Gasteiger partial charge in [0.05, 0.1) is 6.04 Å². The van der Waals surface area contributed by atoms with Gasteiger partial charge < -0.3 is 5.32 Å². The molecule has 1 nitrogen and oxygen atoms in total. The molecule has 1 atom stereocenters. The third-order valence-electron chi connectivity index (χ3n) is 9.88. The smallest absolute Gasteiger partial charge is 0.0702 e. The summed E-state index contributed by atoms with van der Waals surface area (Å²) in [5, 5.41) is 11.5. The highest BCUT2D eigenvalue weighted by molar-refractivity contribution is 6.11. The first-order valence-electron chi connectivity index (χ1n) is 15.2. The van der Waals surface area contributed by atoms with Gasteiger partial charge in [-0.1, -0.05) is 147 Å². The number of hydrogen-bond acceptors (Lipinski definition) is 1. The van der Waals surface area contributed by atoms with E-state index in [1.807, 2.05) is 0 Å². The molecule has 204 valence electrons. The van der Waals surface area contributed by atoms with Gasteiger partial charge in [0, 0.05) is 16.8 Å². The van der Waals surface area contributed by atoms with Crippen molar-refractivity contribution in [3.05, 3.63) is 155 Å². The second kappa shape index (κ2) is 8.93. The Morgan fingerprint density at radius 2 is 1.23 bits per heavy atom. The minimum absolute atomic E-state index is 0.115. The minimum atomic E-state index is -0.115. The molecular formula is C42H31N. The molecule has 0 spiro atoms. The van der Waals surface area contributed by atoms with Gasteiger partial charge in [-0.25, -0.2) is 0 Å². The molecular weight excluding hydrogens is 518 g/mol. The van der Waals surface area contributed by atoms with Gasteiger partial charge in [-0.15, -0.1) is 0 Å². The zero-order valence-electron chi connectivity index (χ0n) is 24.4. The van der Waals surface area contributed by atoms with E-state index < -0.39 is 0 Å². The summed E-state index contributed by atoms with van der Waals surface area (Å²) in [5.41, 5.74) is 12.0. The highest BCUT2D eigenvalue weighted by atomic mass is 14.9. The number of rotatable bonds is 2. The van der Waals surface area contributed by atoms with Gasteiger partial charge in [-0.05, 0) is 76.8 Å². The number of nitrogens with one attached hydrogen (secondary N) is 1. The van der Waals surface area contributed by atoms with Crippen LogP contribution in [0.15, 0.2) is 133 Å². The Bertz CT molecular complexity index is 2340. The first-order valence-corrected chi connectivity index (χ1v) is 15.2. The Hall–Kier alpha value is -5.14. The summed E-state index contributed by atoms with van der Waals surface area (Å²) in [6.07, 6.45) is 11.2. The van der Waals surface area contributed by atoms with Gasteiger partial charge >= 0.3 is 0 Å². The van der Waals surface area contributed by atoms with Gasteiger partial charge in [0.25, 0.3) is 0 Å². The minimum Gasteiger partial charge on any atom is -0.380 e. The van der Waals surface area contributed by atoms with E-state index in [0.717, 1.165) is 0 Å². The Labute approximate surface area is 251 Å². The molecule has 43 heavy (non-hydrogen) atoms. The van der Waals surface area contributed by atoms with Crippen LogP contribution in [0.4, 0.5) is 0 Å². The van der Waals surface area contributed by atoms with Crippen LogP contribution in [-0.2, 0) is 5.41 Å². The summed E-state index contributed by atoms with van der Waals surface area (Å²) < 4.78 is 0. The van der Waals surface area contributed by atoms with Crippen molar-refractivity contribution in [1.29, 1.82) is 0 Å². The molecule has 1 heteroatoms. The summed E-state index contributed by atoms with van der Waals surface area (Å²) in [4.78, 5) is 0. The molecule has 6 aromatic rings. The van der Waals surface area contributed by atoms with Crippen molar-refractivity contribution < 1.29 is 0 Å². The van der Waals surface area contributed by atoms with Crippen LogP contribution in [0.25, 0.3) is 66.7 Å². The number of allylic oxidation sites excluding steroid dienone is 2. The van der Waals surface area contributed by atoms with Crippen LogP contribution in [0.1, 0.15) is 25.0 Å². The van der Waals surface area contributed by atoms with E-state index in [-0.39, 0.29) is 11.5 Å². The molecule has 2 aliphatic carbocycles. The fourth-order valence-corrected chi connectivity index (χ4v) is 8.07. The highest BCUT2D eigenvalue weighted by Gasteiger charge is 2.38. The quantitative estimate of drug-likeness (QED) is 0.228. The van der Waals surface area contributed by atoms with Crippen molar-refractivity contribution in [2.75, 3.05) is 0 Å². The molecule has 3 aliphatic rings. The van der Waals surface area contributed by atoms with E-state index in [4.69, 9.17) is 0 Å². The van der Waals surface area contributed by atoms with Gasteiger partial charge in [0.1, 0.15) is 0 Å². The third kappa shape index (κ3) is 3.34. The average Bonchev–Trinajstić information content (AvgIpc) is 3.30. The van der Waals surface area contributed by atoms with Gasteiger partial charge in [-0.2, -0.15) is 0 Å². The van der Waals surface area contributed by atoms with E-state index in [9.17, 15) is 0 Å². The fourth-order valence-electron chi connectivity index (χ4n) is 8.07. The highest BCUT2D eigenvalue weighted by Crippen LogP contribution is 2.52. The first-order chi connectivity index (χ1) is 21.1. The van der Waals surface area contributed by atoms with Crippen LogP contribution in [0, 0.1) is 0 Å². The molecule has 0 radical (unpaired) electrons. The standard InChI is InChI=1S/C42H31N/c1-42(2)36-23-9-7-16-28(36)32-21-12-22-34(41(32)42)38-30-17-5-6-18-31(30)39(29-20-11-14-26-13-3-4-15-27(26)29)40-33-19-8-10-24-37(33)43-25-35(38)40/h3-25,37,43H,1-2H3. The normalized spacial score (nSPS) is 17.2. The van der Waals surface area contributed by atoms with Crippen molar-refractivity contribution in [3.63, 3.8) is 0 Å². The van der Waals surface area contributed by atoms with E-state index in [1.54, 1.807) is 0 Å². The molecule has 0 fully saturated rings. The molecule has 1 N–H and O–H groups in total. The molecule has 0 saturated heterocycles. The molecule has 0 amide bonds. The van der Waals surface area contributed by atoms with Crippen LogP contribution in [0.2, 0.25) is 0 Å².